The van der Waals surface area contributed by atoms with Gasteiger partial charge in [0.2, 0.25) is 23.5 Å². The summed E-state index contributed by atoms with van der Waals surface area (Å²) in [5, 5.41) is 10.2. The van der Waals surface area contributed by atoms with Crippen molar-refractivity contribution in [2.75, 3.05) is 7.11 Å². The van der Waals surface area contributed by atoms with E-state index < -0.39 is 8.60 Å². The van der Waals surface area contributed by atoms with Gasteiger partial charge in [0.15, 0.2) is 11.5 Å². The first-order valence-electron chi connectivity index (χ1n) is 12.1. The number of hydrogen-bond acceptors (Lipinski definition) is 11. The molecule has 0 aliphatic rings. The molecule has 0 saturated carbocycles. The average molecular weight is 592 g/mol. The lowest BCUT2D eigenvalue weighted by Crippen LogP contribution is -2.02. The number of nitrogens with zero attached hydrogens (tertiary/aromatic N) is 4. The van der Waals surface area contributed by atoms with Crippen molar-refractivity contribution in [3.8, 4) is 35.0 Å². The Hall–Kier alpha value is -4.56. The highest BCUT2D eigenvalue weighted by molar-refractivity contribution is 7.42. The first-order chi connectivity index (χ1) is 20.2. The third-order valence-electron chi connectivity index (χ3n) is 4.81. The van der Waals surface area contributed by atoms with Gasteiger partial charge in [0.05, 0.1) is 13.7 Å². The molecule has 13 heteroatoms. The van der Waals surface area contributed by atoms with Crippen LogP contribution < -0.4 is 22.8 Å². The summed E-state index contributed by atoms with van der Waals surface area (Å²) in [6, 6.07) is 26.6. The van der Waals surface area contributed by atoms with Gasteiger partial charge in [0.25, 0.3) is 9.03 Å². The molecular formula is C28H26N4O7P2. The van der Waals surface area contributed by atoms with Crippen LogP contribution in [0, 0.1) is 0 Å². The van der Waals surface area contributed by atoms with Crippen molar-refractivity contribution in [3.05, 3.63) is 121 Å². The fraction of sp³-hybridized carbons (Fsp3) is 0.0714. The van der Waals surface area contributed by atoms with Crippen molar-refractivity contribution < 1.29 is 32.5 Å². The van der Waals surface area contributed by atoms with Crippen molar-refractivity contribution in [1.29, 1.82) is 0 Å². The molecule has 210 valence electrons. The standard InChI is InChI=1S/C18H17N2O5P.C10H9N2O2P/c1-22-15-8-6-7-14(18(15)21)13-23-26(24-16-9-2-4-11-19-16)25-17-10-3-5-12-20-17;1-3-7-11-9(5-1)13-15-14-10-6-2-4-8-12-10/h2-12,21H,13H2,1H3;1-8,15H. The van der Waals surface area contributed by atoms with Crippen LogP contribution in [0.3, 0.4) is 0 Å². The Morgan fingerprint density at radius 1 is 0.634 bits per heavy atom. The molecule has 0 bridgehead atoms. The van der Waals surface area contributed by atoms with E-state index >= 15 is 0 Å². The van der Waals surface area contributed by atoms with Crippen LogP contribution in [0.15, 0.2) is 116 Å². The summed E-state index contributed by atoms with van der Waals surface area (Å²) < 4.78 is 32.8. The van der Waals surface area contributed by atoms with Gasteiger partial charge in [-0.15, -0.1) is 0 Å². The summed E-state index contributed by atoms with van der Waals surface area (Å²) in [6.07, 6.45) is 6.55. The predicted molar refractivity (Wildman–Crippen MR) is 154 cm³/mol. The van der Waals surface area contributed by atoms with E-state index in [2.05, 4.69) is 19.9 Å². The molecule has 11 nitrogen and oxygen atoms in total. The van der Waals surface area contributed by atoms with Crippen LogP contribution in [0.25, 0.3) is 0 Å². The highest BCUT2D eigenvalue weighted by atomic mass is 31.2. The van der Waals surface area contributed by atoms with Gasteiger partial charge < -0.3 is 27.9 Å². The first-order valence-corrected chi connectivity index (χ1v) is 14.0. The Balaban J connectivity index is 0.000000218. The summed E-state index contributed by atoms with van der Waals surface area (Å²) in [5.74, 6) is 2.21. The highest BCUT2D eigenvalue weighted by Gasteiger charge is 2.20. The molecule has 41 heavy (non-hydrogen) atoms. The molecule has 0 fully saturated rings. The maximum atomic E-state index is 10.2. The van der Waals surface area contributed by atoms with E-state index in [0.717, 1.165) is 0 Å². The number of pyridine rings is 4. The lowest BCUT2D eigenvalue weighted by atomic mass is 10.2. The monoisotopic (exact) mass is 592 g/mol. The van der Waals surface area contributed by atoms with E-state index in [1.54, 1.807) is 91.5 Å². The quantitative estimate of drug-likeness (QED) is 0.159. The molecule has 4 aromatic heterocycles. The van der Waals surface area contributed by atoms with Crippen molar-refractivity contribution in [1.82, 2.24) is 19.9 Å². The molecule has 0 spiro atoms. The number of aromatic hydroxyl groups is 1. The van der Waals surface area contributed by atoms with Crippen LogP contribution in [0.4, 0.5) is 0 Å². The minimum absolute atomic E-state index is 0.0145. The van der Waals surface area contributed by atoms with Gasteiger partial charge in [-0.1, -0.05) is 36.4 Å². The number of aromatic nitrogens is 4. The Bertz CT molecular complexity index is 1350. The van der Waals surface area contributed by atoms with E-state index in [4.69, 9.17) is 27.4 Å². The topological polar surface area (TPSA) is 127 Å². The molecule has 1 N–H and O–H groups in total. The lowest BCUT2D eigenvalue weighted by molar-refractivity contribution is 0.247. The van der Waals surface area contributed by atoms with Gasteiger partial charge in [-0.2, -0.15) is 0 Å². The van der Waals surface area contributed by atoms with Crippen molar-refractivity contribution >= 4 is 17.6 Å². The Kier molecular flexibility index (Phi) is 11.9. The molecule has 0 unspecified atom stereocenters. The van der Waals surface area contributed by atoms with Gasteiger partial charge in [0, 0.05) is 54.6 Å². The van der Waals surface area contributed by atoms with E-state index in [1.807, 2.05) is 24.3 Å². The maximum absolute atomic E-state index is 10.2. The fourth-order valence-electron chi connectivity index (χ4n) is 2.92. The smallest absolute Gasteiger partial charge is 0.466 e. The minimum Gasteiger partial charge on any atom is -0.504 e. The molecule has 5 rings (SSSR count). The van der Waals surface area contributed by atoms with Crippen LogP contribution in [0.1, 0.15) is 5.56 Å². The Morgan fingerprint density at radius 3 is 1.56 bits per heavy atom. The van der Waals surface area contributed by atoms with Gasteiger partial charge >= 0.3 is 8.60 Å². The van der Waals surface area contributed by atoms with Crippen LogP contribution in [0.2, 0.25) is 0 Å². The second kappa shape index (κ2) is 16.5. The molecule has 4 heterocycles. The number of rotatable bonds is 12. The summed E-state index contributed by atoms with van der Waals surface area (Å²) in [6.45, 7) is 0.0639. The fourth-order valence-corrected chi connectivity index (χ4v) is 4.28. The Labute approximate surface area is 240 Å². The number of hydrogen-bond donors (Lipinski definition) is 1. The molecule has 0 aliphatic carbocycles. The first kappa shape index (κ1) is 29.4. The molecular weight excluding hydrogens is 566 g/mol. The van der Waals surface area contributed by atoms with Crippen LogP contribution >= 0.6 is 17.6 Å². The van der Waals surface area contributed by atoms with Crippen molar-refractivity contribution in [2.24, 2.45) is 0 Å². The largest absolute Gasteiger partial charge is 0.504 e. The van der Waals surface area contributed by atoms with E-state index in [0.29, 0.717) is 34.8 Å². The zero-order chi connectivity index (χ0) is 28.5. The summed E-state index contributed by atoms with van der Waals surface area (Å²) in [4.78, 5) is 16.2. The third kappa shape index (κ3) is 10.2. The zero-order valence-corrected chi connectivity index (χ0v) is 23.7. The Morgan fingerprint density at radius 2 is 1.12 bits per heavy atom. The minimum atomic E-state index is -1.84. The highest BCUT2D eigenvalue weighted by Crippen LogP contribution is 2.42. The van der Waals surface area contributed by atoms with Gasteiger partial charge in [0.1, 0.15) is 0 Å². The number of benzene rings is 1. The van der Waals surface area contributed by atoms with Crippen LogP contribution in [0.5, 0.6) is 35.0 Å². The van der Waals surface area contributed by atoms with Crippen molar-refractivity contribution in [3.63, 3.8) is 0 Å². The molecule has 0 aliphatic heterocycles. The van der Waals surface area contributed by atoms with Crippen molar-refractivity contribution in [2.45, 2.75) is 6.61 Å². The molecule has 0 radical (unpaired) electrons. The zero-order valence-electron chi connectivity index (χ0n) is 21.8. The normalized spacial score (nSPS) is 10.2. The van der Waals surface area contributed by atoms with Crippen LogP contribution in [-0.4, -0.2) is 32.2 Å². The number of phenols is 1. The number of phenolic OH excluding ortho intramolecular Hbond substituents is 1. The van der Waals surface area contributed by atoms with Gasteiger partial charge in [-0.25, -0.2) is 19.9 Å². The number of para-hydroxylation sites is 1. The van der Waals surface area contributed by atoms with Gasteiger partial charge in [-0.05, 0) is 30.3 Å². The summed E-state index contributed by atoms with van der Waals surface area (Å²) in [7, 11) is -0.491. The second-order valence-electron chi connectivity index (χ2n) is 7.61. The summed E-state index contributed by atoms with van der Waals surface area (Å²) in [5.41, 5.74) is 0.547. The molecule has 1 aromatic carbocycles. The molecule has 0 amide bonds. The number of methoxy groups -OCH3 is 1. The predicted octanol–water partition coefficient (Wildman–Crippen LogP) is 6.54. The second-order valence-corrected chi connectivity index (χ2v) is 9.25. The average Bonchev–Trinajstić information content (AvgIpc) is 3.03. The molecule has 5 aromatic rings. The third-order valence-corrected chi connectivity index (χ3v) is 6.40. The molecule has 0 saturated heterocycles. The SMILES string of the molecule is COc1cccc(COP(Oc2ccccn2)Oc2ccccn2)c1O.c1ccc(OPOc2ccccn2)nc1. The summed E-state index contributed by atoms with van der Waals surface area (Å²) >= 11 is 0. The van der Waals surface area contributed by atoms with E-state index in [1.165, 1.54) is 7.11 Å². The maximum Gasteiger partial charge on any atom is 0.466 e. The van der Waals surface area contributed by atoms with E-state index in [9.17, 15) is 5.11 Å². The van der Waals surface area contributed by atoms with Crippen LogP contribution in [-0.2, 0) is 11.1 Å². The molecule has 0 atom stereocenters. The van der Waals surface area contributed by atoms with E-state index in [-0.39, 0.29) is 21.4 Å². The van der Waals surface area contributed by atoms with Gasteiger partial charge in [-0.3, -0.25) is 4.52 Å². The number of ether oxygens (including phenoxy) is 1. The lowest BCUT2D eigenvalue weighted by Gasteiger charge is -2.17.